The van der Waals surface area contributed by atoms with Gasteiger partial charge in [0, 0.05) is 37.2 Å². The van der Waals surface area contributed by atoms with Crippen molar-refractivity contribution >= 4 is 17.5 Å². The van der Waals surface area contributed by atoms with Crippen LogP contribution in [0.3, 0.4) is 0 Å². The molecule has 0 spiro atoms. The fourth-order valence-corrected chi connectivity index (χ4v) is 3.45. The van der Waals surface area contributed by atoms with E-state index in [1.165, 1.54) is 18.2 Å². The van der Waals surface area contributed by atoms with Crippen LogP contribution < -0.4 is 0 Å². The van der Waals surface area contributed by atoms with Gasteiger partial charge < -0.3 is 9.64 Å². The lowest BCUT2D eigenvalue weighted by Gasteiger charge is -2.35. The summed E-state index contributed by atoms with van der Waals surface area (Å²) >= 11 is 6.00. The Kier molecular flexibility index (Phi) is 6.83. The number of nitrogens with zero attached hydrogens (tertiary/aromatic N) is 2. The zero-order chi connectivity index (χ0) is 19.2. The first-order chi connectivity index (χ1) is 13.0. The summed E-state index contributed by atoms with van der Waals surface area (Å²) in [6.07, 6.45) is 0. The number of benzene rings is 2. The molecule has 0 aliphatic carbocycles. The summed E-state index contributed by atoms with van der Waals surface area (Å²) in [7, 11) is 0. The summed E-state index contributed by atoms with van der Waals surface area (Å²) in [6, 6.07) is 13.7. The lowest BCUT2D eigenvalue weighted by Crippen LogP contribution is -2.48. The van der Waals surface area contributed by atoms with Crippen molar-refractivity contribution in [1.82, 2.24) is 9.80 Å². The zero-order valence-electron chi connectivity index (χ0n) is 15.4. The van der Waals surface area contributed by atoms with E-state index in [9.17, 15) is 9.18 Å². The van der Waals surface area contributed by atoms with E-state index in [0.29, 0.717) is 31.3 Å². The first-order valence-corrected chi connectivity index (χ1v) is 9.52. The number of amides is 1. The van der Waals surface area contributed by atoms with Crippen molar-refractivity contribution in [2.24, 2.45) is 0 Å². The number of halogens is 2. The highest BCUT2D eigenvalue weighted by atomic mass is 35.5. The average Bonchev–Trinajstić information content (AvgIpc) is 2.69. The second kappa shape index (κ2) is 9.31. The first kappa shape index (κ1) is 19.8. The molecule has 0 saturated carbocycles. The second-order valence-corrected chi connectivity index (χ2v) is 7.24. The van der Waals surface area contributed by atoms with Gasteiger partial charge in [0.25, 0.3) is 5.91 Å². The molecule has 2 aromatic carbocycles. The second-order valence-electron chi connectivity index (χ2n) is 6.80. The van der Waals surface area contributed by atoms with E-state index < -0.39 is 5.82 Å². The van der Waals surface area contributed by atoms with Gasteiger partial charge in [0.1, 0.15) is 5.82 Å². The van der Waals surface area contributed by atoms with Gasteiger partial charge in [-0.1, -0.05) is 41.9 Å². The molecule has 1 amide bonds. The van der Waals surface area contributed by atoms with Gasteiger partial charge in [-0.25, -0.2) is 4.39 Å². The molecule has 0 radical (unpaired) electrons. The number of rotatable bonds is 6. The fraction of sp³-hybridized carbons (Fsp3) is 0.381. The number of hydrogen-bond acceptors (Lipinski definition) is 3. The summed E-state index contributed by atoms with van der Waals surface area (Å²) in [5, 5.41) is 0.347. The molecule has 1 saturated heterocycles. The van der Waals surface area contributed by atoms with Crippen molar-refractivity contribution in [2.45, 2.75) is 19.5 Å². The largest absolute Gasteiger partial charge is 0.379 e. The van der Waals surface area contributed by atoms with E-state index in [1.807, 2.05) is 37.3 Å². The van der Waals surface area contributed by atoms with Crippen LogP contribution in [-0.2, 0) is 11.3 Å². The molecular weight excluding hydrogens is 367 g/mol. The minimum atomic E-state index is -0.555. The van der Waals surface area contributed by atoms with Gasteiger partial charge in [0.05, 0.1) is 18.8 Å². The standard InChI is InChI=1S/C21H24ClFN2O2/c1-16(14-24-9-11-27-12-10-24)25(15-17-5-3-2-4-6-17)21(26)19-13-18(22)7-8-20(19)23/h2-8,13,16H,9-12,14-15H2,1H3. The van der Waals surface area contributed by atoms with Gasteiger partial charge in [-0.15, -0.1) is 0 Å². The van der Waals surface area contributed by atoms with E-state index in [2.05, 4.69) is 4.90 Å². The minimum Gasteiger partial charge on any atom is -0.379 e. The van der Waals surface area contributed by atoms with Crippen LogP contribution in [-0.4, -0.2) is 54.6 Å². The Morgan fingerprint density at radius 2 is 1.93 bits per heavy atom. The maximum absolute atomic E-state index is 14.3. The SMILES string of the molecule is CC(CN1CCOCC1)N(Cc1ccccc1)C(=O)c1cc(Cl)ccc1F. The smallest absolute Gasteiger partial charge is 0.257 e. The lowest BCUT2D eigenvalue weighted by molar-refractivity contribution is 0.0227. The van der Waals surface area contributed by atoms with Crippen molar-refractivity contribution in [3.63, 3.8) is 0 Å². The molecule has 27 heavy (non-hydrogen) atoms. The quantitative estimate of drug-likeness (QED) is 0.751. The van der Waals surface area contributed by atoms with E-state index >= 15 is 0 Å². The third-order valence-corrected chi connectivity index (χ3v) is 5.01. The molecule has 3 rings (SSSR count). The van der Waals surface area contributed by atoms with Crippen LogP contribution in [0.25, 0.3) is 0 Å². The summed E-state index contributed by atoms with van der Waals surface area (Å²) in [6.45, 7) is 6.19. The van der Waals surface area contributed by atoms with E-state index in [4.69, 9.17) is 16.3 Å². The van der Waals surface area contributed by atoms with E-state index in [-0.39, 0.29) is 17.5 Å². The van der Waals surface area contributed by atoms with Gasteiger partial charge in [-0.2, -0.15) is 0 Å². The number of carbonyl (C=O) groups is 1. The van der Waals surface area contributed by atoms with Crippen molar-refractivity contribution in [3.05, 3.63) is 70.5 Å². The maximum Gasteiger partial charge on any atom is 0.257 e. The Morgan fingerprint density at radius 1 is 1.22 bits per heavy atom. The van der Waals surface area contributed by atoms with E-state index in [1.54, 1.807) is 4.90 Å². The van der Waals surface area contributed by atoms with Crippen LogP contribution >= 0.6 is 11.6 Å². The molecule has 1 atom stereocenters. The maximum atomic E-state index is 14.3. The monoisotopic (exact) mass is 390 g/mol. The molecular formula is C21H24ClFN2O2. The molecule has 2 aromatic rings. The van der Waals surface area contributed by atoms with Crippen LogP contribution in [0, 0.1) is 5.82 Å². The molecule has 0 aromatic heterocycles. The van der Waals surface area contributed by atoms with Gasteiger partial charge in [0.2, 0.25) is 0 Å². The van der Waals surface area contributed by atoms with Crippen LogP contribution in [0.5, 0.6) is 0 Å². The number of ether oxygens (including phenoxy) is 1. The summed E-state index contributed by atoms with van der Waals surface area (Å²) in [5.41, 5.74) is 1.01. The topological polar surface area (TPSA) is 32.8 Å². The highest BCUT2D eigenvalue weighted by molar-refractivity contribution is 6.31. The van der Waals surface area contributed by atoms with Crippen molar-refractivity contribution in [1.29, 1.82) is 0 Å². The molecule has 144 valence electrons. The van der Waals surface area contributed by atoms with Crippen LogP contribution in [0.4, 0.5) is 4.39 Å². The average molecular weight is 391 g/mol. The fourth-order valence-electron chi connectivity index (χ4n) is 3.28. The molecule has 1 aliphatic heterocycles. The summed E-state index contributed by atoms with van der Waals surface area (Å²) < 4.78 is 19.7. The Balaban J connectivity index is 1.83. The van der Waals surface area contributed by atoms with Gasteiger partial charge in [0.15, 0.2) is 0 Å². The normalized spacial score (nSPS) is 16.1. The number of carbonyl (C=O) groups excluding carboxylic acids is 1. The minimum absolute atomic E-state index is 0.00672. The Hall–Kier alpha value is -1.95. The van der Waals surface area contributed by atoms with Crippen LogP contribution in [0.1, 0.15) is 22.8 Å². The van der Waals surface area contributed by atoms with Gasteiger partial charge in [-0.3, -0.25) is 9.69 Å². The molecule has 0 N–H and O–H groups in total. The Labute approximate surface area is 164 Å². The molecule has 1 unspecified atom stereocenters. The van der Waals surface area contributed by atoms with Crippen LogP contribution in [0.2, 0.25) is 5.02 Å². The molecule has 1 aliphatic rings. The number of morpholine rings is 1. The highest BCUT2D eigenvalue weighted by Crippen LogP contribution is 2.20. The summed E-state index contributed by atoms with van der Waals surface area (Å²) in [5.74, 6) is -0.902. The first-order valence-electron chi connectivity index (χ1n) is 9.14. The molecule has 0 bridgehead atoms. The lowest BCUT2D eigenvalue weighted by atomic mass is 10.1. The zero-order valence-corrected chi connectivity index (χ0v) is 16.2. The predicted molar refractivity (Wildman–Crippen MR) is 104 cm³/mol. The molecule has 4 nitrogen and oxygen atoms in total. The predicted octanol–water partition coefficient (Wildman–Crippen LogP) is 3.84. The highest BCUT2D eigenvalue weighted by Gasteiger charge is 2.26. The van der Waals surface area contributed by atoms with E-state index in [0.717, 1.165) is 18.7 Å². The molecule has 1 fully saturated rings. The Bertz CT molecular complexity index is 766. The summed E-state index contributed by atoms with van der Waals surface area (Å²) in [4.78, 5) is 17.2. The van der Waals surface area contributed by atoms with Crippen molar-refractivity contribution in [2.75, 3.05) is 32.8 Å². The van der Waals surface area contributed by atoms with Gasteiger partial charge >= 0.3 is 0 Å². The van der Waals surface area contributed by atoms with Gasteiger partial charge in [-0.05, 0) is 30.7 Å². The Morgan fingerprint density at radius 3 is 2.63 bits per heavy atom. The third kappa shape index (κ3) is 5.28. The third-order valence-electron chi connectivity index (χ3n) is 4.77. The van der Waals surface area contributed by atoms with Crippen LogP contribution in [0.15, 0.2) is 48.5 Å². The molecule has 6 heteroatoms. The molecule has 1 heterocycles. The van der Waals surface area contributed by atoms with Crippen molar-refractivity contribution in [3.8, 4) is 0 Å². The number of hydrogen-bond donors (Lipinski definition) is 0. The van der Waals surface area contributed by atoms with Crippen molar-refractivity contribution < 1.29 is 13.9 Å².